The van der Waals surface area contributed by atoms with Crippen LogP contribution in [0.5, 0.6) is 0 Å². The summed E-state index contributed by atoms with van der Waals surface area (Å²) >= 11 is 7.46. The number of rotatable bonds is 4. The van der Waals surface area contributed by atoms with Crippen LogP contribution < -0.4 is 4.72 Å². The molecule has 0 aliphatic rings. The molecule has 0 saturated carbocycles. The zero-order valence-corrected chi connectivity index (χ0v) is 14.3. The Balaban J connectivity index is 2.15. The van der Waals surface area contributed by atoms with Gasteiger partial charge in [-0.3, -0.25) is 0 Å². The van der Waals surface area contributed by atoms with Crippen LogP contribution in [-0.4, -0.2) is 13.6 Å². The van der Waals surface area contributed by atoms with Gasteiger partial charge in [-0.2, -0.15) is 0 Å². The zero-order valence-electron chi connectivity index (χ0n) is 11.9. The SMILES string of the molecule is CCc1sc2ccccc2c1S(=O)(=O)Nc1onc(C)c1Cl. The normalized spacial score (nSPS) is 12.0. The van der Waals surface area contributed by atoms with Gasteiger partial charge < -0.3 is 4.52 Å². The van der Waals surface area contributed by atoms with Crippen molar-refractivity contribution in [1.82, 2.24) is 5.16 Å². The molecule has 0 unspecified atom stereocenters. The van der Waals surface area contributed by atoms with Crippen molar-refractivity contribution in [3.63, 3.8) is 0 Å². The van der Waals surface area contributed by atoms with Crippen molar-refractivity contribution in [2.24, 2.45) is 0 Å². The number of anilines is 1. The molecule has 1 N–H and O–H groups in total. The minimum absolute atomic E-state index is 0.0588. The van der Waals surface area contributed by atoms with Gasteiger partial charge in [-0.1, -0.05) is 41.9 Å². The van der Waals surface area contributed by atoms with Crippen LogP contribution in [0.1, 0.15) is 17.5 Å². The summed E-state index contributed by atoms with van der Waals surface area (Å²) in [5, 5.41) is 4.52. The maximum atomic E-state index is 12.8. The number of sulfonamides is 1. The molecule has 22 heavy (non-hydrogen) atoms. The van der Waals surface area contributed by atoms with E-state index in [1.54, 1.807) is 13.0 Å². The van der Waals surface area contributed by atoms with Gasteiger partial charge in [0.25, 0.3) is 15.9 Å². The molecule has 0 aliphatic carbocycles. The molecule has 3 rings (SSSR count). The molecule has 116 valence electrons. The Labute approximate surface area is 136 Å². The maximum absolute atomic E-state index is 12.8. The highest BCUT2D eigenvalue weighted by Gasteiger charge is 2.26. The predicted molar refractivity (Wildman–Crippen MR) is 88.3 cm³/mol. The zero-order chi connectivity index (χ0) is 15.9. The summed E-state index contributed by atoms with van der Waals surface area (Å²) in [5.74, 6) is -0.0588. The van der Waals surface area contributed by atoms with E-state index in [-0.39, 0.29) is 15.8 Å². The number of halogens is 1. The quantitative estimate of drug-likeness (QED) is 0.759. The lowest BCUT2D eigenvalue weighted by atomic mass is 10.2. The molecule has 0 spiro atoms. The molecule has 0 atom stereocenters. The summed E-state index contributed by atoms with van der Waals surface area (Å²) in [7, 11) is -3.81. The molecule has 0 amide bonds. The van der Waals surface area contributed by atoms with Crippen molar-refractivity contribution in [1.29, 1.82) is 0 Å². The highest BCUT2D eigenvalue weighted by molar-refractivity contribution is 7.93. The monoisotopic (exact) mass is 356 g/mol. The van der Waals surface area contributed by atoms with E-state index in [2.05, 4.69) is 9.88 Å². The van der Waals surface area contributed by atoms with E-state index in [9.17, 15) is 8.42 Å². The Morgan fingerprint density at radius 3 is 2.73 bits per heavy atom. The summed E-state index contributed by atoms with van der Waals surface area (Å²) in [4.78, 5) is 1.07. The van der Waals surface area contributed by atoms with Gasteiger partial charge in [-0.15, -0.1) is 11.3 Å². The number of hydrogen-bond donors (Lipinski definition) is 1. The molecule has 1 aromatic carbocycles. The fraction of sp³-hybridized carbons (Fsp3) is 0.214. The molecule has 0 saturated heterocycles. The van der Waals surface area contributed by atoms with E-state index in [4.69, 9.17) is 16.1 Å². The molecule has 0 fully saturated rings. The fourth-order valence-corrected chi connectivity index (χ4v) is 5.32. The third-order valence-electron chi connectivity index (χ3n) is 3.23. The van der Waals surface area contributed by atoms with Gasteiger partial charge in [0.05, 0.1) is 0 Å². The van der Waals surface area contributed by atoms with E-state index in [0.717, 1.165) is 9.58 Å². The van der Waals surface area contributed by atoms with Crippen LogP contribution >= 0.6 is 22.9 Å². The summed E-state index contributed by atoms with van der Waals surface area (Å²) in [5.41, 5.74) is 0.435. The van der Waals surface area contributed by atoms with Crippen molar-refractivity contribution in [3.05, 3.63) is 39.9 Å². The topological polar surface area (TPSA) is 72.2 Å². The lowest BCUT2D eigenvalue weighted by Crippen LogP contribution is -2.13. The van der Waals surface area contributed by atoms with Gasteiger partial charge in [0.15, 0.2) is 0 Å². The number of nitrogens with zero attached hydrogens (tertiary/aromatic N) is 1. The summed E-state index contributed by atoms with van der Waals surface area (Å²) < 4.78 is 33.8. The molecule has 5 nitrogen and oxygen atoms in total. The van der Waals surface area contributed by atoms with E-state index < -0.39 is 10.0 Å². The number of aryl methyl sites for hydroxylation is 2. The lowest BCUT2D eigenvalue weighted by Gasteiger charge is -2.06. The van der Waals surface area contributed by atoms with E-state index in [0.29, 0.717) is 17.5 Å². The number of fused-ring (bicyclic) bond motifs is 1. The van der Waals surface area contributed by atoms with Gasteiger partial charge in [0.2, 0.25) is 0 Å². The second-order valence-corrected chi connectivity index (χ2v) is 7.85. The molecule has 0 bridgehead atoms. The van der Waals surface area contributed by atoms with Crippen LogP contribution in [-0.2, 0) is 16.4 Å². The van der Waals surface area contributed by atoms with Crippen molar-refractivity contribution in [3.8, 4) is 0 Å². The third-order valence-corrected chi connectivity index (χ3v) is 6.57. The average Bonchev–Trinajstić information content (AvgIpc) is 3.02. The first-order valence-corrected chi connectivity index (χ1v) is 9.26. The largest absolute Gasteiger partial charge is 0.336 e. The van der Waals surface area contributed by atoms with Gasteiger partial charge >= 0.3 is 0 Å². The standard InChI is InChI=1S/C14H13ClN2O3S2/c1-3-10-13(9-6-4-5-7-11(9)21-10)22(18,19)17-14-12(15)8(2)16-20-14/h4-7,17H,3H2,1-2H3. The summed E-state index contributed by atoms with van der Waals surface area (Å²) in [6.45, 7) is 3.57. The van der Waals surface area contributed by atoms with Crippen molar-refractivity contribution >= 4 is 48.9 Å². The molecule has 8 heteroatoms. The van der Waals surface area contributed by atoms with E-state index in [1.165, 1.54) is 11.3 Å². The van der Waals surface area contributed by atoms with Crippen LogP contribution in [0.3, 0.4) is 0 Å². The Hall–Kier alpha value is -1.57. The van der Waals surface area contributed by atoms with E-state index >= 15 is 0 Å². The first-order valence-electron chi connectivity index (χ1n) is 6.59. The number of nitrogens with one attached hydrogen (secondary N) is 1. The Morgan fingerprint density at radius 2 is 2.09 bits per heavy atom. The van der Waals surface area contributed by atoms with E-state index in [1.807, 2.05) is 25.1 Å². The van der Waals surface area contributed by atoms with Crippen molar-refractivity contribution in [2.75, 3.05) is 4.72 Å². The van der Waals surface area contributed by atoms with Crippen LogP contribution in [0.4, 0.5) is 5.88 Å². The van der Waals surface area contributed by atoms with Crippen molar-refractivity contribution < 1.29 is 12.9 Å². The molecular weight excluding hydrogens is 344 g/mol. The predicted octanol–water partition coefficient (Wildman–Crippen LogP) is 4.21. The third kappa shape index (κ3) is 2.49. The van der Waals surface area contributed by atoms with Crippen LogP contribution in [0.25, 0.3) is 10.1 Å². The highest BCUT2D eigenvalue weighted by Crippen LogP contribution is 2.37. The minimum Gasteiger partial charge on any atom is -0.336 e. The van der Waals surface area contributed by atoms with Gasteiger partial charge in [0.1, 0.15) is 15.6 Å². The first-order chi connectivity index (χ1) is 10.4. The number of thiophene rings is 1. The lowest BCUT2D eigenvalue weighted by molar-refractivity contribution is 0.430. The van der Waals surface area contributed by atoms with Crippen LogP contribution in [0.2, 0.25) is 5.02 Å². The smallest absolute Gasteiger partial charge is 0.266 e. The average molecular weight is 357 g/mol. The van der Waals surface area contributed by atoms with Gasteiger partial charge in [0, 0.05) is 15.0 Å². The first kappa shape index (κ1) is 15.3. The minimum atomic E-state index is -3.81. The molecule has 2 aromatic heterocycles. The Kier molecular flexibility index (Phi) is 3.88. The summed E-state index contributed by atoms with van der Waals surface area (Å²) in [6.07, 6.45) is 0.624. The fourth-order valence-electron chi connectivity index (χ4n) is 2.19. The van der Waals surface area contributed by atoms with Crippen molar-refractivity contribution in [2.45, 2.75) is 25.2 Å². The number of aromatic nitrogens is 1. The maximum Gasteiger partial charge on any atom is 0.266 e. The Bertz CT molecular complexity index is 944. The molecular formula is C14H13ClN2O3S2. The molecule has 3 aromatic rings. The second-order valence-electron chi connectivity index (χ2n) is 4.72. The van der Waals surface area contributed by atoms with Crippen LogP contribution in [0.15, 0.2) is 33.7 Å². The highest BCUT2D eigenvalue weighted by atomic mass is 35.5. The molecule has 0 aliphatic heterocycles. The number of benzene rings is 1. The number of hydrogen-bond acceptors (Lipinski definition) is 5. The molecule has 2 heterocycles. The van der Waals surface area contributed by atoms with Gasteiger partial charge in [-0.25, -0.2) is 13.1 Å². The summed E-state index contributed by atoms with van der Waals surface area (Å²) in [6, 6.07) is 7.41. The van der Waals surface area contributed by atoms with Crippen LogP contribution in [0, 0.1) is 6.92 Å². The second kappa shape index (κ2) is 5.57. The van der Waals surface area contributed by atoms with Gasteiger partial charge in [-0.05, 0) is 19.4 Å². The molecule has 0 radical (unpaired) electrons. The Morgan fingerprint density at radius 1 is 1.36 bits per heavy atom.